The number of nitrogens with one attached hydrogen (secondary N) is 2. The average Bonchev–Trinajstić information content (AvgIpc) is 3.81. The van der Waals surface area contributed by atoms with E-state index in [1.54, 1.807) is 4.90 Å². The number of β-amino-alcohol motifs (C(OH)–C–C–N with tert-alkyl or cyclic N) is 1. The molecule has 3 fully saturated rings. The zero-order valence-corrected chi connectivity index (χ0v) is 35.6. The van der Waals surface area contributed by atoms with E-state index in [4.69, 9.17) is 9.47 Å². The molecule has 2 aromatic carbocycles. The molecule has 3 aliphatic rings. The Bertz CT molecular complexity index is 2070. The maximum atomic E-state index is 15.2. The van der Waals surface area contributed by atoms with Crippen molar-refractivity contribution in [2.45, 2.75) is 104 Å². The molecule has 0 radical (unpaired) electrons. The Hall–Kier alpha value is -4.59. The van der Waals surface area contributed by atoms with Crippen LogP contribution in [0, 0.1) is 30.5 Å². The van der Waals surface area contributed by atoms with Crippen LogP contribution < -0.4 is 5.32 Å². The number of carbonyl (C=O) groups is 2. The van der Waals surface area contributed by atoms with Crippen LogP contribution in [0.15, 0.2) is 48.8 Å². The predicted molar refractivity (Wildman–Crippen MR) is 228 cm³/mol. The molecule has 2 atom stereocenters. The summed E-state index contributed by atoms with van der Waals surface area (Å²) in [4.78, 5) is 44.2. The molecule has 3 N–H and O–H groups in total. The summed E-state index contributed by atoms with van der Waals surface area (Å²) in [6.07, 6.45) is 7.06. The van der Waals surface area contributed by atoms with Gasteiger partial charge in [0.25, 0.3) is 0 Å². The van der Waals surface area contributed by atoms with Crippen molar-refractivity contribution in [1.29, 1.82) is 0 Å². The van der Waals surface area contributed by atoms with E-state index in [1.165, 1.54) is 24.9 Å². The van der Waals surface area contributed by atoms with Gasteiger partial charge in [0, 0.05) is 67.5 Å². The third-order valence-electron chi connectivity index (χ3n) is 12.2. The monoisotopic (exact) mass is 811 g/mol. The van der Waals surface area contributed by atoms with Crippen molar-refractivity contribution >= 4 is 28.8 Å². The van der Waals surface area contributed by atoms with E-state index in [0.717, 1.165) is 87.0 Å². The molecule has 12 nitrogen and oxygen atoms in total. The highest BCUT2D eigenvalue weighted by molar-refractivity contribution is 5.97. The van der Waals surface area contributed by atoms with Gasteiger partial charge < -0.3 is 39.6 Å². The van der Waals surface area contributed by atoms with Gasteiger partial charge in [-0.15, -0.1) is 0 Å². The Morgan fingerprint density at radius 3 is 2.41 bits per heavy atom. The van der Waals surface area contributed by atoms with Gasteiger partial charge in [-0.3, -0.25) is 0 Å². The molecule has 0 aliphatic carbocycles. The Morgan fingerprint density at radius 1 is 0.983 bits per heavy atom. The lowest BCUT2D eigenvalue weighted by Crippen LogP contribution is -2.42. The number of hydrogen-bond acceptors (Lipinski definition) is 8. The number of aliphatic hydroxyl groups excluding tert-OH is 1. The molecular formula is C46H62FN7O5. The maximum Gasteiger partial charge on any atom is 0.410 e. The number of ether oxygens (including phenoxy) is 2. The van der Waals surface area contributed by atoms with E-state index in [-0.39, 0.29) is 30.7 Å². The summed E-state index contributed by atoms with van der Waals surface area (Å²) in [5.74, 6) is 0.594. The quantitative estimate of drug-likeness (QED) is 0.137. The van der Waals surface area contributed by atoms with Crippen molar-refractivity contribution in [3.63, 3.8) is 0 Å². The second-order valence-electron chi connectivity index (χ2n) is 18.3. The fraction of sp³-hybridized carbons (Fsp3) is 0.565. The summed E-state index contributed by atoms with van der Waals surface area (Å²) >= 11 is 0. The third kappa shape index (κ3) is 10.8. The number of nitrogens with zero attached hydrogens (tertiary/aromatic N) is 5. The minimum atomic E-state index is -0.574. The third-order valence-corrected chi connectivity index (χ3v) is 12.2. The number of benzene rings is 2. The van der Waals surface area contributed by atoms with Gasteiger partial charge in [0.2, 0.25) is 0 Å². The minimum Gasteiger partial charge on any atom is -0.444 e. The molecule has 3 saturated heterocycles. The second-order valence-corrected chi connectivity index (χ2v) is 18.3. The number of anilines is 1. The van der Waals surface area contributed by atoms with Gasteiger partial charge in [-0.2, -0.15) is 0 Å². The lowest BCUT2D eigenvalue weighted by atomic mass is 9.93. The summed E-state index contributed by atoms with van der Waals surface area (Å²) < 4.78 is 27.1. The molecule has 7 rings (SSSR count). The number of halogens is 1. The molecule has 3 amide bonds. The Morgan fingerprint density at radius 2 is 1.71 bits per heavy atom. The molecule has 318 valence electrons. The van der Waals surface area contributed by atoms with Crippen molar-refractivity contribution in [2.75, 3.05) is 51.1 Å². The smallest absolute Gasteiger partial charge is 0.410 e. The molecule has 4 aromatic rings. The number of hydrogen-bond donors (Lipinski definition) is 3. The maximum absolute atomic E-state index is 15.2. The fourth-order valence-electron chi connectivity index (χ4n) is 8.81. The first-order chi connectivity index (χ1) is 28.2. The standard InChI is InChI=1S/C46H62FN7O5/c1-29(2)21-34-25-54(26-41(34)55)44(56)51-39-23-35(47)22-37(30(39)3)42-38-24-40(50-43(38)49-28-48-42)33-9-7-32(8-10-33)27-58-36-14-17-52(18-15-36)16-11-31-12-19-53(20-13-31)45(57)59-46(4,5)6/h7-10,22-24,28-29,31,34,36,41,55H,11-21,25-27H2,1-6H3,(H,51,56)(H,48,49,50). The SMILES string of the molecule is Cc1c(NC(=O)N2CC(O)C(CC(C)C)C2)cc(F)cc1-c1ncnc2[nH]c(-c3ccc(COC4CCN(CCC5CCN(C(=O)OC(C)(C)C)CC5)CC4)cc3)cc12. The number of aromatic amines is 1. The molecule has 13 heteroatoms. The number of amides is 3. The van der Waals surface area contributed by atoms with Crippen LogP contribution in [-0.4, -0.2) is 111 Å². The van der Waals surface area contributed by atoms with Crippen LogP contribution in [0.2, 0.25) is 0 Å². The van der Waals surface area contributed by atoms with E-state index in [0.29, 0.717) is 53.1 Å². The van der Waals surface area contributed by atoms with Crippen LogP contribution in [0.1, 0.15) is 84.3 Å². The molecular weight excluding hydrogens is 750 g/mol. The van der Waals surface area contributed by atoms with Crippen molar-refractivity contribution in [1.82, 2.24) is 29.7 Å². The minimum absolute atomic E-state index is 0.0209. The van der Waals surface area contributed by atoms with Crippen LogP contribution in [-0.2, 0) is 16.1 Å². The lowest BCUT2D eigenvalue weighted by molar-refractivity contribution is -0.00411. The number of likely N-dealkylation sites (tertiary alicyclic amines) is 3. The van der Waals surface area contributed by atoms with Gasteiger partial charge >= 0.3 is 12.1 Å². The Labute approximate surface area is 347 Å². The zero-order valence-electron chi connectivity index (χ0n) is 35.6. The van der Waals surface area contributed by atoms with Crippen LogP contribution in [0.25, 0.3) is 33.5 Å². The van der Waals surface area contributed by atoms with Crippen LogP contribution in [0.4, 0.5) is 19.7 Å². The largest absolute Gasteiger partial charge is 0.444 e. The molecule has 0 spiro atoms. The summed E-state index contributed by atoms with van der Waals surface area (Å²) in [6, 6.07) is 12.7. The van der Waals surface area contributed by atoms with Gasteiger partial charge in [-0.25, -0.2) is 23.9 Å². The van der Waals surface area contributed by atoms with Gasteiger partial charge in [0.15, 0.2) is 0 Å². The normalized spacial score (nSPS) is 19.9. The Balaban J connectivity index is 0.903. The molecule has 0 saturated carbocycles. The predicted octanol–water partition coefficient (Wildman–Crippen LogP) is 8.63. The molecule has 0 bridgehead atoms. The first-order valence-electron chi connectivity index (χ1n) is 21.5. The first kappa shape index (κ1) is 42.5. The molecule has 3 aliphatic heterocycles. The number of aromatic nitrogens is 3. The van der Waals surface area contributed by atoms with Crippen LogP contribution in [0.3, 0.4) is 0 Å². The van der Waals surface area contributed by atoms with Gasteiger partial charge in [-0.05, 0) is 119 Å². The molecule has 59 heavy (non-hydrogen) atoms. The van der Waals surface area contributed by atoms with Gasteiger partial charge in [0.05, 0.1) is 24.5 Å². The summed E-state index contributed by atoms with van der Waals surface area (Å²) in [5.41, 5.74) is 5.30. The molecule has 2 unspecified atom stereocenters. The molecule has 2 aromatic heterocycles. The van der Waals surface area contributed by atoms with E-state index in [2.05, 4.69) is 63.3 Å². The van der Waals surface area contributed by atoms with Gasteiger partial charge in [-0.1, -0.05) is 38.1 Å². The van der Waals surface area contributed by atoms with Crippen LogP contribution in [0.5, 0.6) is 0 Å². The number of rotatable bonds is 11. The summed E-state index contributed by atoms with van der Waals surface area (Å²) in [7, 11) is 0. The second kappa shape index (κ2) is 18.4. The van der Waals surface area contributed by atoms with E-state index >= 15 is 4.39 Å². The van der Waals surface area contributed by atoms with Crippen molar-refractivity contribution in [2.24, 2.45) is 17.8 Å². The number of urea groups is 1. The summed E-state index contributed by atoms with van der Waals surface area (Å²) in [6.45, 7) is 17.8. The average molecular weight is 812 g/mol. The zero-order chi connectivity index (χ0) is 41.8. The lowest BCUT2D eigenvalue weighted by Gasteiger charge is -2.35. The number of H-pyrrole nitrogens is 1. The molecule has 5 heterocycles. The van der Waals surface area contributed by atoms with E-state index in [1.807, 2.05) is 38.7 Å². The van der Waals surface area contributed by atoms with Crippen molar-refractivity contribution < 1.29 is 28.6 Å². The van der Waals surface area contributed by atoms with Gasteiger partial charge in [0.1, 0.15) is 23.4 Å². The number of piperidine rings is 2. The van der Waals surface area contributed by atoms with E-state index < -0.39 is 17.5 Å². The fourth-order valence-corrected chi connectivity index (χ4v) is 8.81. The van der Waals surface area contributed by atoms with Crippen molar-refractivity contribution in [3.8, 4) is 22.5 Å². The number of aliphatic hydroxyl groups is 1. The Kier molecular flexibility index (Phi) is 13.2. The van der Waals surface area contributed by atoms with Crippen LogP contribution >= 0.6 is 0 Å². The van der Waals surface area contributed by atoms with E-state index in [9.17, 15) is 14.7 Å². The highest BCUT2D eigenvalue weighted by atomic mass is 19.1. The topological polar surface area (TPSA) is 136 Å². The number of fused-ring (bicyclic) bond motifs is 1. The summed E-state index contributed by atoms with van der Waals surface area (Å²) in [5, 5.41) is 14.2. The van der Waals surface area contributed by atoms with Crippen molar-refractivity contribution in [3.05, 3.63) is 65.7 Å². The highest BCUT2D eigenvalue weighted by Crippen LogP contribution is 2.35. The highest BCUT2D eigenvalue weighted by Gasteiger charge is 2.35. The number of carbonyl (C=O) groups excluding carboxylic acids is 2. The first-order valence-corrected chi connectivity index (χ1v) is 21.5.